The van der Waals surface area contributed by atoms with Gasteiger partial charge < -0.3 is 9.88 Å². The van der Waals surface area contributed by atoms with Crippen molar-refractivity contribution in [3.05, 3.63) is 65.4 Å². The molecule has 0 aliphatic heterocycles. The summed E-state index contributed by atoms with van der Waals surface area (Å²) in [6.07, 6.45) is 2.91. The number of aromatic nitrogens is 1. The summed E-state index contributed by atoms with van der Waals surface area (Å²) in [4.78, 5) is 12.9. The molecule has 0 bridgehead atoms. The van der Waals surface area contributed by atoms with E-state index in [1.54, 1.807) is 0 Å². The number of hydrogen-bond acceptors (Lipinski definition) is 1. The maximum Gasteiger partial charge on any atom is 0.247 e. The zero-order valence-corrected chi connectivity index (χ0v) is 16.3. The molecule has 0 aliphatic rings. The van der Waals surface area contributed by atoms with Crippen LogP contribution in [0.4, 0.5) is 5.69 Å². The maximum atomic E-state index is 12.9. The molecule has 1 atom stereocenters. The predicted octanol–water partition coefficient (Wildman–Crippen LogP) is 5.84. The summed E-state index contributed by atoms with van der Waals surface area (Å²) in [6.45, 7) is 10.5. The fraction of sp³-hybridized carbons (Fsp3) is 0.348. The normalized spacial score (nSPS) is 12.5. The lowest BCUT2D eigenvalue weighted by molar-refractivity contribution is -0.118. The molecule has 1 N–H and O–H groups in total. The average molecular weight is 348 g/mol. The Hall–Kier alpha value is -2.55. The standard InChI is InChI=1S/C23H28N2O/c1-6-18-9-7-8-16(4)22(18)24-23(26)17(5)25-13-12-20-14-19(15(2)3)10-11-21(20)25/h7-15,17H,6H2,1-5H3,(H,24,26). The Balaban J connectivity index is 1.89. The summed E-state index contributed by atoms with van der Waals surface area (Å²) < 4.78 is 2.05. The van der Waals surface area contributed by atoms with Gasteiger partial charge in [0.05, 0.1) is 0 Å². The molecule has 136 valence electrons. The molecular weight excluding hydrogens is 320 g/mol. The Bertz CT molecular complexity index is 937. The highest BCUT2D eigenvalue weighted by atomic mass is 16.2. The van der Waals surface area contributed by atoms with E-state index in [0.29, 0.717) is 5.92 Å². The highest BCUT2D eigenvalue weighted by molar-refractivity contribution is 5.96. The van der Waals surface area contributed by atoms with Gasteiger partial charge in [-0.1, -0.05) is 45.0 Å². The van der Waals surface area contributed by atoms with Crippen LogP contribution < -0.4 is 5.32 Å². The second kappa shape index (κ2) is 7.36. The molecule has 0 spiro atoms. The van der Waals surface area contributed by atoms with Gasteiger partial charge in [-0.2, -0.15) is 0 Å². The fourth-order valence-corrected chi connectivity index (χ4v) is 3.44. The summed E-state index contributed by atoms with van der Waals surface area (Å²) in [5, 5.41) is 4.33. The molecule has 2 aromatic carbocycles. The molecule has 0 saturated carbocycles. The third-order valence-electron chi connectivity index (χ3n) is 5.20. The molecule has 0 fully saturated rings. The Kier molecular flexibility index (Phi) is 5.17. The van der Waals surface area contributed by atoms with Crippen LogP contribution in [0.2, 0.25) is 0 Å². The van der Waals surface area contributed by atoms with E-state index in [9.17, 15) is 4.79 Å². The first kappa shape index (κ1) is 18.2. The van der Waals surface area contributed by atoms with Crippen LogP contribution in [0.5, 0.6) is 0 Å². The first-order valence-electron chi connectivity index (χ1n) is 9.42. The van der Waals surface area contributed by atoms with E-state index >= 15 is 0 Å². The van der Waals surface area contributed by atoms with Gasteiger partial charge in [-0.3, -0.25) is 4.79 Å². The quantitative estimate of drug-likeness (QED) is 0.618. The number of aryl methyl sites for hydroxylation is 2. The van der Waals surface area contributed by atoms with Crippen LogP contribution in [0.1, 0.15) is 56.3 Å². The van der Waals surface area contributed by atoms with Gasteiger partial charge in [0.15, 0.2) is 0 Å². The molecule has 1 amide bonds. The van der Waals surface area contributed by atoms with Gasteiger partial charge in [0, 0.05) is 17.4 Å². The van der Waals surface area contributed by atoms with E-state index in [-0.39, 0.29) is 11.9 Å². The molecular formula is C23H28N2O. The first-order chi connectivity index (χ1) is 12.4. The van der Waals surface area contributed by atoms with Crippen LogP contribution in [-0.2, 0) is 11.2 Å². The van der Waals surface area contributed by atoms with Gasteiger partial charge in [-0.15, -0.1) is 0 Å². The third kappa shape index (κ3) is 3.39. The molecule has 1 unspecified atom stereocenters. The SMILES string of the molecule is CCc1cccc(C)c1NC(=O)C(C)n1ccc2cc(C(C)C)ccc21. The third-order valence-corrected chi connectivity index (χ3v) is 5.20. The molecule has 26 heavy (non-hydrogen) atoms. The van der Waals surface area contributed by atoms with E-state index in [1.165, 1.54) is 16.5 Å². The van der Waals surface area contributed by atoms with Crippen LogP contribution in [0.25, 0.3) is 10.9 Å². The van der Waals surface area contributed by atoms with Crippen molar-refractivity contribution in [2.45, 2.75) is 53.0 Å². The number of amides is 1. The summed E-state index contributed by atoms with van der Waals surface area (Å²) >= 11 is 0. The van der Waals surface area contributed by atoms with Crippen molar-refractivity contribution >= 4 is 22.5 Å². The minimum Gasteiger partial charge on any atom is -0.335 e. The zero-order valence-electron chi connectivity index (χ0n) is 16.3. The molecule has 0 saturated heterocycles. The topological polar surface area (TPSA) is 34.0 Å². The molecule has 1 aromatic heterocycles. The molecule has 0 radical (unpaired) electrons. The van der Waals surface area contributed by atoms with Gasteiger partial charge in [-0.25, -0.2) is 0 Å². The summed E-state index contributed by atoms with van der Waals surface area (Å²) in [5.41, 5.74) is 5.64. The van der Waals surface area contributed by atoms with Crippen LogP contribution in [0, 0.1) is 6.92 Å². The lowest BCUT2D eigenvalue weighted by Gasteiger charge is -2.18. The number of para-hydroxylation sites is 1. The fourth-order valence-electron chi connectivity index (χ4n) is 3.44. The van der Waals surface area contributed by atoms with Crippen molar-refractivity contribution in [2.75, 3.05) is 5.32 Å². The lowest BCUT2D eigenvalue weighted by atomic mass is 10.0. The molecule has 1 heterocycles. The molecule has 0 aliphatic carbocycles. The number of carbonyl (C=O) groups is 1. The van der Waals surface area contributed by atoms with Gasteiger partial charge in [-0.05, 0) is 66.5 Å². The van der Waals surface area contributed by atoms with Gasteiger partial charge in [0.25, 0.3) is 0 Å². The molecule has 3 nitrogen and oxygen atoms in total. The number of benzene rings is 2. The van der Waals surface area contributed by atoms with Crippen molar-refractivity contribution in [1.82, 2.24) is 4.57 Å². The average Bonchev–Trinajstić information content (AvgIpc) is 3.05. The first-order valence-corrected chi connectivity index (χ1v) is 9.42. The summed E-state index contributed by atoms with van der Waals surface area (Å²) in [6, 6.07) is 14.5. The highest BCUT2D eigenvalue weighted by Gasteiger charge is 2.18. The zero-order chi connectivity index (χ0) is 18.8. The van der Waals surface area contributed by atoms with Crippen LogP contribution in [0.3, 0.4) is 0 Å². The number of rotatable bonds is 5. The second-order valence-electron chi connectivity index (χ2n) is 7.32. The second-order valence-corrected chi connectivity index (χ2v) is 7.32. The predicted molar refractivity (Wildman–Crippen MR) is 110 cm³/mol. The van der Waals surface area contributed by atoms with Crippen molar-refractivity contribution in [3.63, 3.8) is 0 Å². The minimum atomic E-state index is -0.276. The number of fused-ring (bicyclic) bond motifs is 1. The Morgan fingerprint density at radius 3 is 2.58 bits per heavy atom. The number of nitrogens with one attached hydrogen (secondary N) is 1. The van der Waals surface area contributed by atoms with Crippen LogP contribution >= 0.6 is 0 Å². The van der Waals surface area contributed by atoms with Crippen molar-refractivity contribution in [3.8, 4) is 0 Å². The molecule has 3 rings (SSSR count). The Labute approximate surface area is 156 Å². The van der Waals surface area contributed by atoms with Gasteiger partial charge in [0.2, 0.25) is 5.91 Å². The van der Waals surface area contributed by atoms with E-state index in [1.807, 2.05) is 32.2 Å². The minimum absolute atomic E-state index is 0.0134. The van der Waals surface area contributed by atoms with E-state index in [0.717, 1.165) is 23.2 Å². The molecule has 3 heteroatoms. The maximum absolute atomic E-state index is 12.9. The molecule has 3 aromatic rings. The highest BCUT2D eigenvalue weighted by Crippen LogP contribution is 2.27. The number of hydrogen-bond donors (Lipinski definition) is 1. The Morgan fingerprint density at radius 2 is 1.88 bits per heavy atom. The van der Waals surface area contributed by atoms with Crippen LogP contribution in [0.15, 0.2) is 48.7 Å². The van der Waals surface area contributed by atoms with Crippen molar-refractivity contribution in [1.29, 1.82) is 0 Å². The van der Waals surface area contributed by atoms with E-state index in [4.69, 9.17) is 0 Å². The van der Waals surface area contributed by atoms with E-state index < -0.39 is 0 Å². The Morgan fingerprint density at radius 1 is 1.12 bits per heavy atom. The van der Waals surface area contributed by atoms with Gasteiger partial charge >= 0.3 is 0 Å². The smallest absolute Gasteiger partial charge is 0.247 e. The summed E-state index contributed by atoms with van der Waals surface area (Å²) in [5.74, 6) is 0.511. The van der Waals surface area contributed by atoms with Crippen molar-refractivity contribution < 1.29 is 4.79 Å². The van der Waals surface area contributed by atoms with Crippen molar-refractivity contribution in [2.24, 2.45) is 0 Å². The number of anilines is 1. The monoisotopic (exact) mass is 348 g/mol. The summed E-state index contributed by atoms with van der Waals surface area (Å²) in [7, 11) is 0. The largest absolute Gasteiger partial charge is 0.335 e. The van der Waals surface area contributed by atoms with Gasteiger partial charge in [0.1, 0.15) is 6.04 Å². The number of nitrogens with zero attached hydrogens (tertiary/aromatic N) is 1. The lowest BCUT2D eigenvalue weighted by Crippen LogP contribution is -2.24. The number of carbonyl (C=O) groups excluding carboxylic acids is 1. The van der Waals surface area contributed by atoms with Crippen LogP contribution in [-0.4, -0.2) is 10.5 Å². The van der Waals surface area contributed by atoms with E-state index in [2.05, 4.69) is 61.0 Å².